The molecule has 0 aliphatic heterocycles. The zero-order valence-corrected chi connectivity index (χ0v) is 11.2. The third-order valence-electron chi connectivity index (χ3n) is 2.55. The van der Waals surface area contributed by atoms with E-state index in [1.165, 1.54) is 0 Å². The second kappa shape index (κ2) is 7.51. The maximum absolute atomic E-state index is 11.4. The smallest absolute Gasteiger partial charge is 0.135 e. The Kier molecular flexibility index (Phi) is 6.30. The van der Waals surface area contributed by atoms with Crippen molar-refractivity contribution in [2.24, 2.45) is 5.92 Å². The molecular formula is C14H20O2S. The maximum atomic E-state index is 11.4. The Morgan fingerprint density at radius 2 is 1.94 bits per heavy atom. The lowest BCUT2D eigenvalue weighted by atomic mass is 10.0. The van der Waals surface area contributed by atoms with E-state index in [4.69, 9.17) is 0 Å². The number of carbonyl (C=O) groups is 1. The Morgan fingerprint density at radius 1 is 1.29 bits per heavy atom. The molecule has 1 aromatic rings. The fourth-order valence-corrected chi connectivity index (χ4v) is 2.29. The van der Waals surface area contributed by atoms with E-state index in [9.17, 15) is 9.90 Å². The summed E-state index contributed by atoms with van der Waals surface area (Å²) in [6.07, 6.45) is 0.647. The molecule has 3 heteroatoms. The minimum absolute atomic E-state index is 0.0731. The molecule has 1 aromatic carbocycles. The number of aliphatic hydroxyl groups excluding tert-OH is 1. The van der Waals surface area contributed by atoms with Gasteiger partial charge in [0.25, 0.3) is 0 Å². The molecule has 1 atom stereocenters. The van der Waals surface area contributed by atoms with Gasteiger partial charge >= 0.3 is 0 Å². The first kappa shape index (κ1) is 14.3. The van der Waals surface area contributed by atoms with Crippen LogP contribution in [0.5, 0.6) is 0 Å². The second-order valence-electron chi connectivity index (χ2n) is 4.44. The molecule has 94 valence electrons. The van der Waals surface area contributed by atoms with Crippen LogP contribution >= 0.6 is 11.8 Å². The van der Waals surface area contributed by atoms with Gasteiger partial charge in [0.2, 0.25) is 0 Å². The summed E-state index contributed by atoms with van der Waals surface area (Å²) in [5.74, 6) is 0.952. The lowest BCUT2D eigenvalue weighted by Crippen LogP contribution is -2.15. The molecule has 0 aromatic heterocycles. The largest absolute Gasteiger partial charge is 0.392 e. The molecule has 0 amide bonds. The second-order valence-corrected chi connectivity index (χ2v) is 5.53. The highest BCUT2D eigenvalue weighted by molar-refractivity contribution is 7.99. The van der Waals surface area contributed by atoms with Crippen molar-refractivity contribution in [1.29, 1.82) is 0 Å². The standard InChI is InChI=1S/C14H20O2S/c1-11(2)14(16)9-8-12(15)10-17-13-6-4-3-5-7-13/h3-7,11-12,15H,8-10H2,1-2H3. The van der Waals surface area contributed by atoms with Gasteiger partial charge in [0.05, 0.1) is 6.10 Å². The van der Waals surface area contributed by atoms with Crippen LogP contribution in [0.3, 0.4) is 0 Å². The van der Waals surface area contributed by atoms with Crippen LogP contribution < -0.4 is 0 Å². The van der Waals surface area contributed by atoms with Crippen LogP contribution in [-0.4, -0.2) is 22.7 Å². The number of benzene rings is 1. The van der Waals surface area contributed by atoms with Crippen LogP contribution in [0.25, 0.3) is 0 Å². The lowest BCUT2D eigenvalue weighted by Gasteiger charge is -2.10. The molecule has 0 saturated heterocycles. The van der Waals surface area contributed by atoms with Crippen LogP contribution in [-0.2, 0) is 4.79 Å². The first-order valence-electron chi connectivity index (χ1n) is 5.98. The number of hydrogen-bond acceptors (Lipinski definition) is 3. The van der Waals surface area contributed by atoms with Gasteiger partial charge in [-0.2, -0.15) is 0 Å². The van der Waals surface area contributed by atoms with Crippen molar-refractivity contribution < 1.29 is 9.90 Å². The highest BCUT2D eigenvalue weighted by Crippen LogP contribution is 2.19. The summed E-state index contributed by atoms with van der Waals surface area (Å²) >= 11 is 1.63. The van der Waals surface area contributed by atoms with Crippen LogP contribution in [0.15, 0.2) is 35.2 Å². The van der Waals surface area contributed by atoms with Crippen molar-refractivity contribution in [3.05, 3.63) is 30.3 Å². The Labute approximate surface area is 107 Å². The van der Waals surface area contributed by atoms with Gasteiger partial charge in [-0.05, 0) is 18.6 Å². The van der Waals surface area contributed by atoms with Gasteiger partial charge in [0.15, 0.2) is 0 Å². The molecule has 17 heavy (non-hydrogen) atoms. The van der Waals surface area contributed by atoms with Gasteiger partial charge in [-0.3, -0.25) is 4.79 Å². The van der Waals surface area contributed by atoms with E-state index >= 15 is 0 Å². The van der Waals surface area contributed by atoms with Crippen molar-refractivity contribution in [2.45, 2.75) is 37.7 Å². The predicted octanol–water partition coefficient (Wildman–Crippen LogP) is 3.14. The third kappa shape index (κ3) is 5.89. The zero-order chi connectivity index (χ0) is 12.7. The Bertz CT molecular complexity index is 335. The molecule has 0 aliphatic rings. The van der Waals surface area contributed by atoms with Crippen LogP contribution in [0, 0.1) is 5.92 Å². The maximum Gasteiger partial charge on any atom is 0.135 e. The molecule has 0 saturated carbocycles. The molecule has 0 heterocycles. The monoisotopic (exact) mass is 252 g/mol. The molecule has 1 unspecified atom stereocenters. The minimum atomic E-state index is -0.400. The quantitative estimate of drug-likeness (QED) is 0.757. The number of aliphatic hydroxyl groups is 1. The van der Waals surface area contributed by atoms with Crippen LogP contribution in [0.1, 0.15) is 26.7 Å². The third-order valence-corrected chi connectivity index (χ3v) is 3.71. The number of carbonyl (C=O) groups excluding carboxylic acids is 1. The van der Waals surface area contributed by atoms with E-state index in [2.05, 4.69) is 0 Å². The van der Waals surface area contributed by atoms with Gasteiger partial charge < -0.3 is 5.11 Å². The van der Waals surface area contributed by atoms with E-state index in [0.717, 1.165) is 4.90 Å². The van der Waals surface area contributed by atoms with Gasteiger partial charge in [-0.1, -0.05) is 32.0 Å². The number of hydrogen-bond donors (Lipinski definition) is 1. The predicted molar refractivity (Wildman–Crippen MR) is 72.3 cm³/mol. The molecule has 0 radical (unpaired) electrons. The lowest BCUT2D eigenvalue weighted by molar-refractivity contribution is -0.122. The Hall–Kier alpha value is -0.800. The van der Waals surface area contributed by atoms with Crippen molar-refractivity contribution in [3.8, 4) is 0 Å². The molecule has 0 aliphatic carbocycles. The molecular weight excluding hydrogens is 232 g/mol. The molecule has 0 fully saturated rings. The molecule has 1 N–H and O–H groups in total. The van der Waals surface area contributed by atoms with Crippen LogP contribution in [0.4, 0.5) is 0 Å². The summed E-state index contributed by atoms with van der Waals surface area (Å²) in [5.41, 5.74) is 0. The Morgan fingerprint density at radius 3 is 2.53 bits per heavy atom. The fourth-order valence-electron chi connectivity index (χ4n) is 1.39. The topological polar surface area (TPSA) is 37.3 Å². The van der Waals surface area contributed by atoms with E-state index in [-0.39, 0.29) is 11.7 Å². The highest BCUT2D eigenvalue weighted by atomic mass is 32.2. The minimum Gasteiger partial charge on any atom is -0.392 e. The zero-order valence-electron chi connectivity index (χ0n) is 10.4. The SMILES string of the molecule is CC(C)C(=O)CCC(O)CSc1ccccc1. The van der Waals surface area contributed by atoms with Crippen molar-refractivity contribution in [3.63, 3.8) is 0 Å². The first-order valence-corrected chi connectivity index (χ1v) is 6.96. The van der Waals surface area contributed by atoms with Gasteiger partial charge in [-0.25, -0.2) is 0 Å². The van der Waals surface area contributed by atoms with Crippen LogP contribution in [0.2, 0.25) is 0 Å². The van der Waals surface area contributed by atoms with E-state index in [1.54, 1.807) is 11.8 Å². The van der Waals surface area contributed by atoms with Crippen molar-refractivity contribution >= 4 is 17.5 Å². The Balaban J connectivity index is 2.22. The summed E-state index contributed by atoms with van der Waals surface area (Å²) in [7, 11) is 0. The summed E-state index contributed by atoms with van der Waals surface area (Å²) in [6.45, 7) is 3.79. The van der Waals surface area contributed by atoms with Crippen molar-refractivity contribution in [1.82, 2.24) is 0 Å². The summed E-state index contributed by atoms with van der Waals surface area (Å²) in [5, 5.41) is 9.77. The van der Waals surface area contributed by atoms with E-state index < -0.39 is 6.10 Å². The van der Waals surface area contributed by atoms with Gasteiger partial charge in [0, 0.05) is 23.0 Å². The molecule has 0 bridgehead atoms. The highest BCUT2D eigenvalue weighted by Gasteiger charge is 2.11. The first-order chi connectivity index (χ1) is 8.09. The molecule has 1 rings (SSSR count). The number of rotatable bonds is 7. The van der Waals surface area contributed by atoms with E-state index in [0.29, 0.717) is 18.6 Å². The number of ketones is 1. The van der Waals surface area contributed by atoms with E-state index in [1.807, 2.05) is 44.2 Å². The van der Waals surface area contributed by atoms with Gasteiger partial charge in [-0.15, -0.1) is 11.8 Å². The van der Waals surface area contributed by atoms with Crippen molar-refractivity contribution in [2.75, 3.05) is 5.75 Å². The number of Topliss-reactive ketones (excluding diaryl/α,β-unsaturated/α-hetero) is 1. The fraction of sp³-hybridized carbons (Fsp3) is 0.500. The summed E-state index contributed by atoms with van der Waals surface area (Å²) in [4.78, 5) is 12.6. The van der Waals surface area contributed by atoms with Gasteiger partial charge in [0.1, 0.15) is 5.78 Å². The number of thioether (sulfide) groups is 1. The average molecular weight is 252 g/mol. The average Bonchev–Trinajstić information content (AvgIpc) is 2.34. The molecule has 2 nitrogen and oxygen atoms in total. The molecule has 0 spiro atoms. The summed E-state index contributed by atoms with van der Waals surface area (Å²) < 4.78 is 0. The summed E-state index contributed by atoms with van der Waals surface area (Å²) in [6, 6.07) is 9.99. The normalized spacial score (nSPS) is 12.7.